The van der Waals surface area contributed by atoms with Gasteiger partial charge in [-0.2, -0.15) is 0 Å². The molecule has 0 heterocycles. The fraction of sp³-hybridized carbons (Fsp3) is 0.174. The molecule has 3 aromatic rings. The van der Waals surface area contributed by atoms with Crippen LogP contribution in [-0.4, -0.2) is 12.0 Å². The van der Waals surface area contributed by atoms with Gasteiger partial charge in [0.15, 0.2) is 11.9 Å². The number of hydrogen-bond acceptors (Lipinski definition) is 3. The van der Waals surface area contributed by atoms with Crippen LogP contribution >= 0.6 is 11.6 Å². The number of carbonyl (C=O) groups is 1. The Kier molecular flexibility index (Phi) is 6.22. The number of ether oxygens (including phenoxy) is 2. The van der Waals surface area contributed by atoms with Gasteiger partial charge in [-0.15, -0.1) is 0 Å². The maximum atomic E-state index is 12.7. The van der Waals surface area contributed by atoms with Crippen LogP contribution in [0.15, 0.2) is 66.7 Å². The van der Waals surface area contributed by atoms with Crippen molar-refractivity contribution in [2.45, 2.75) is 26.9 Å². The van der Waals surface area contributed by atoms with Crippen LogP contribution in [0.5, 0.6) is 17.2 Å². The third-order valence-corrected chi connectivity index (χ3v) is 4.41. The molecule has 0 unspecified atom stereocenters. The van der Waals surface area contributed by atoms with Crippen LogP contribution in [0.2, 0.25) is 5.02 Å². The molecule has 0 saturated carbocycles. The van der Waals surface area contributed by atoms with Crippen LogP contribution in [-0.2, 0) is 4.79 Å². The Morgan fingerprint density at radius 2 is 1.68 bits per heavy atom. The van der Waals surface area contributed by atoms with E-state index >= 15 is 0 Å². The SMILES string of the molecule is Cc1ccc(O[C@@H](C)C(=O)Nc2cc(Cl)ccc2Oc2ccccc2)c(C)c1. The molecule has 5 heteroatoms. The van der Waals surface area contributed by atoms with E-state index in [9.17, 15) is 4.79 Å². The Labute approximate surface area is 170 Å². The number of hydrogen-bond donors (Lipinski definition) is 1. The van der Waals surface area contributed by atoms with Crippen LogP contribution in [0.4, 0.5) is 5.69 Å². The van der Waals surface area contributed by atoms with E-state index in [1.807, 2.05) is 62.4 Å². The fourth-order valence-corrected chi connectivity index (χ4v) is 2.89. The van der Waals surface area contributed by atoms with Gasteiger partial charge in [0.1, 0.15) is 11.5 Å². The second-order valence-electron chi connectivity index (χ2n) is 6.57. The molecule has 0 spiro atoms. The van der Waals surface area contributed by atoms with Gasteiger partial charge in [-0.25, -0.2) is 0 Å². The normalized spacial score (nSPS) is 11.6. The second-order valence-corrected chi connectivity index (χ2v) is 7.01. The van der Waals surface area contributed by atoms with Gasteiger partial charge in [0.25, 0.3) is 5.91 Å². The molecule has 3 aromatic carbocycles. The standard InChI is InChI=1S/C23H22ClNO3/c1-15-9-11-21(16(2)13-15)27-17(3)23(26)25-20-14-18(24)10-12-22(20)28-19-7-5-4-6-8-19/h4-14,17H,1-3H3,(H,25,26)/t17-/m0/s1. The minimum Gasteiger partial charge on any atom is -0.481 e. The Morgan fingerprint density at radius 3 is 2.39 bits per heavy atom. The Balaban J connectivity index is 1.74. The van der Waals surface area contributed by atoms with Crippen molar-refractivity contribution in [2.75, 3.05) is 5.32 Å². The van der Waals surface area contributed by atoms with E-state index in [1.165, 1.54) is 0 Å². The van der Waals surface area contributed by atoms with E-state index in [0.717, 1.165) is 11.1 Å². The lowest BCUT2D eigenvalue weighted by Gasteiger charge is -2.18. The van der Waals surface area contributed by atoms with Crippen molar-refractivity contribution < 1.29 is 14.3 Å². The van der Waals surface area contributed by atoms with Crippen LogP contribution in [0, 0.1) is 13.8 Å². The van der Waals surface area contributed by atoms with E-state index in [1.54, 1.807) is 25.1 Å². The van der Waals surface area contributed by atoms with Gasteiger partial charge in [-0.3, -0.25) is 4.79 Å². The van der Waals surface area contributed by atoms with Gasteiger partial charge in [0.05, 0.1) is 5.69 Å². The first kappa shape index (κ1) is 19.8. The van der Waals surface area contributed by atoms with Gasteiger partial charge in [-0.1, -0.05) is 47.5 Å². The molecule has 0 saturated heterocycles. The number of rotatable bonds is 6. The summed E-state index contributed by atoms with van der Waals surface area (Å²) in [4.78, 5) is 12.7. The van der Waals surface area contributed by atoms with Crippen molar-refractivity contribution >= 4 is 23.2 Å². The summed E-state index contributed by atoms with van der Waals surface area (Å²) >= 11 is 6.11. The predicted molar refractivity (Wildman–Crippen MR) is 113 cm³/mol. The van der Waals surface area contributed by atoms with Gasteiger partial charge >= 0.3 is 0 Å². The van der Waals surface area contributed by atoms with Crippen molar-refractivity contribution in [3.63, 3.8) is 0 Å². The molecular weight excluding hydrogens is 374 g/mol. The van der Waals surface area contributed by atoms with E-state index < -0.39 is 6.10 Å². The van der Waals surface area contributed by atoms with Crippen molar-refractivity contribution in [2.24, 2.45) is 0 Å². The first-order chi connectivity index (χ1) is 13.4. The smallest absolute Gasteiger partial charge is 0.265 e. The molecule has 0 aromatic heterocycles. The molecule has 0 fully saturated rings. The summed E-state index contributed by atoms with van der Waals surface area (Å²) in [5.41, 5.74) is 2.61. The maximum absolute atomic E-state index is 12.7. The third-order valence-electron chi connectivity index (χ3n) is 4.17. The molecule has 144 valence electrons. The van der Waals surface area contributed by atoms with E-state index in [2.05, 4.69) is 5.32 Å². The van der Waals surface area contributed by atoms with Crippen LogP contribution in [0.25, 0.3) is 0 Å². The summed E-state index contributed by atoms with van der Waals surface area (Å²) in [6.07, 6.45) is -0.690. The first-order valence-electron chi connectivity index (χ1n) is 8.99. The number of amides is 1. The Morgan fingerprint density at radius 1 is 0.964 bits per heavy atom. The Hall–Kier alpha value is -2.98. The van der Waals surface area contributed by atoms with Crippen LogP contribution in [0.3, 0.4) is 0 Å². The number of anilines is 1. The summed E-state index contributed by atoms with van der Waals surface area (Å²) in [5.74, 6) is 1.56. The zero-order chi connectivity index (χ0) is 20.1. The lowest BCUT2D eigenvalue weighted by molar-refractivity contribution is -0.122. The summed E-state index contributed by atoms with van der Waals surface area (Å²) in [5, 5.41) is 3.35. The third kappa shape index (κ3) is 5.05. The number of benzene rings is 3. The molecule has 28 heavy (non-hydrogen) atoms. The fourth-order valence-electron chi connectivity index (χ4n) is 2.71. The highest BCUT2D eigenvalue weighted by Gasteiger charge is 2.18. The number of halogens is 1. The molecule has 3 rings (SSSR count). The van der Waals surface area contributed by atoms with Crippen molar-refractivity contribution in [1.29, 1.82) is 0 Å². The second kappa shape index (κ2) is 8.81. The molecule has 0 bridgehead atoms. The van der Waals surface area contributed by atoms with E-state index in [-0.39, 0.29) is 5.91 Å². The zero-order valence-corrected chi connectivity index (χ0v) is 16.8. The molecule has 0 aliphatic rings. The maximum Gasteiger partial charge on any atom is 0.265 e. The van der Waals surface area contributed by atoms with Crippen molar-refractivity contribution in [3.8, 4) is 17.2 Å². The molecular formula is C23H22ClNO3. The highest BCUT2D eigenvalue weighted by molar-refractivity contribution is 6.31. The molecule has 0 aliphatic heterocycles. The molecule has 1 atom stereocenters. The summed E-state index contributed by atoms with van der Waals surface area (Å²) < 4.78 is 11.7. The van der Waals surface area contributed by atoms with Crippen molar-refractivity contribution in [3.05, 3.63) is 82.9 Å². The minimum absolute atomic E-state index is 0.292. The number of nitrogens with one attached hydrogen (secondary N) is 1. The molecule has 0 radical (unpaired) electrons. The average molecular weight is 396 g/mol. The van der Waals surface area contributed by atoms with Crippen LogP contribution < -0.4 is 14.8 Å². The molecule has 4 nitrogen and oxygen atoms in total. The summed E-state index contributed by atoms with van der Waals surface area (Å²) in [7, 11) is 0. The summed E-state index contributed by atoms with van der Waals surface area (Å²) in [6, 6.07) is 20.3. The van der Waals surface area contributed by atoms with Crippen LogP contribution in [0.1, 0.15) is 18.1 Å². The molecule has 0 aliphatic carbocycles. The highest BCUT2D eigenvalue weighted by atomic mass is 35.5. The van der Waals surface area contributed by atoms with E-state index in [0.29, 0.717) is 28.0 Å². The van der Waals surface area contributed by atoms with E-state index in [4.69, 9.17) is 21.1 Å². The molecule has 1 amide bonds. The van der Waals surface area contributed by atoms with Gasteiger partial charge in [-0.05, 0) is 62.7 Å². The lowest BCUT2D eigenvalue weighted by Crippen LogP contribution is -2.30. The largest absolute Gasteiger partial charge is 0.481 e. The summed E-state index contributed by atoms with van der Waals surface area (Å²) in [6.45, 7) is 5.67. The Bertz CT molecular complexity index is 973. The topological polar surface area (TPSA) is 47.6 Å². The molecule has 1 N–H and O–H groups in total. The minimum atomic E-state index is -0.690. The van der Waals surface area contributed by atoms with Gasteiger partial charge in [0, 0.05) is 5.02 Å². The van der Waals surface area contributed by atoms with Gasteiger partial charge in [0.2, 0.25) is 0 Å². The first-order valence-corrected chi connectivity index (χ1v) is 9.37. The van der Waals surface area contributed by atoms with Crippen molar-refractivity contribution in [1.82, 2.24) is 0 Å². The van der Waals surface area contributed by atoms with Gasteiger partial charge < -0.3 is 14.8 Å². The number of para-hydroxylation sites is 1. The number of aryl methyl sites for hydroxylation is 2. The number of carbonyl (C=O) groups excluding carboxylic acids is 1. The average Bonchev–Trinajstić information content (AvgIpc) is 2.67. The monoisotopic (exact) mass is 395 g/mol. The lowest BCUT2D eigenvalue weighted by atomic mass is 10.1. The quantitative estimate of drug-likeness (QED) is 0.544. The highest BCUT2D eigenvalue weighted by Crippen LogP contribution is 2.32. The predicted octanol–water partition coefficient (Wildman–Crippen LogP) is 6.16. The zero-order valence-electron chi connectivity index (χ0n) is 16.0.